The maximum Gasteiger partial charge on any atom is 0.494 e. The Labute approximate surface area is 132 Å². The molecule has 0 amide bonds. The lowest BCUT2D eigenvalue weighted by Crippen LogP contribution is -2.41. The van der Waals surface area contributed by atoms with E-state index >= 15 is 0 Å². The Morgan fingerprint density at radius 1 is 0.955 bits per heavy atom. The van der Waals surface area contributed by atoms with E-state index in [1.165, 1.54) is 0 Å². The molecule has 0 radical (unpaired) electrons. The second kappa shape index (κ2) is 5.41. The van der Waals surface area contributed by atoms with Gasteiger partial charge >= 0.3 is 7.12 Å². The van der Waals surface area contributed by atoms with Crippen LogP contribution in [0.4, 0.5) is 11.4 Å². The average Bonchev–Trinajstić information content (AvgIpc) is 2.69. The van der Waals surface area contributed by atoms with Gasteiger partial charge in [-0.1, -0.05) is 12.1 Å². The zero-order valence-corrected chi connectivity index (χ0v) is 13.5. The third-order valence-corrected chi connectivity index (χ3v) is 4.36. The van der Waals surface area contributed by atoms with Crippen LogP contribution < -0.4 is 10.8 Å². The monoisotopic (exact) mass is 296 g/mol. The minimum absolute atomic E-state index is 0.329. The molecule has 1 aliphatic heterocycles. The lowest BCUT2D eigenvalue weighted by molar-refractivity contribution is 0.00578. The van der Waals surface area contributed by atoms with Crippen LogP contribution in [0.2, 0.25) is 0 Å². The summed E-state index contributed by atoms with van der Waals surface area (Å²) in [6, 6.07) is 12.0. The summed E-state index contributed by atoms with van der Waals surface area (Å²) < 4.78 is 12.2. The predicted molar refractivity (Wildman–Crippen MR) is 89.7 cm³/mol. The van der Waals surface area contributed by atoms with Crippen molar-refractivity contribution >= 4 is 24.0 Å². The van der Waals surface area contributed by atoms with Crippen LogP contribution in [0.25, 0.3) is 0 Å². The van der Waals surface area contributed by atoms with Gasteiger partial charge in [-0.05, 0) is 57.4 Å². The van der Waals surface area contributed by atoms with Crippen LogP contribution in [0.5, 0.6) is 0 Å². The van der Waals surface area contributed by atoms with Crippen LogP contribution in [0.1, 0.15) is 27.7 Å². The van der Waals surface area contributed by atoms with Crippen molar-refractivity contribution in [3.05, 3.63) is 48.8 Å². The molecule has 0 unspecified atom stereocenters. The molecule has 1 N–H and O–H groups in total. The molecule has 2 aromatic rings. The molecule has 4 nitrogen and oxygen atoms in total. The Balaban J connectivity index is 1.81. The molecule has 1 fully saturated rings. The number of hydrogen-bond donors (Lipinski definition) is 1. The van der Waals surface area contributed by atoms with Gasteiger partial charge in [-0.3, -0.25) is 4.98 Å². The minimum atomic E-state index is -0.347. The van der Waals surface area contributed by atoms with E-state index in [-0.39, 0.29) is 18.3 Å². The molecule has 1 aliphatic rings. The summed E-state index contributed by atoms with van der Waals surface area (Å²) in [6.07, 6.45) is 3.55. The Morgan fingerprint density at radius 2 is 1.64 bits per heavy atom. The second-order valence-corrected chi connectivity index (χ2v) is 6.58. The van der Waals surface area contributed by atoms with Crippen molar-refractivity contribution in [3.63, 3.8) is 0 Å². The Kier molecular flexibility index (Phi) is 3.71. The van der Waals surface area contributed by atoms with Crippen LogP contribution in [0.15, 0.2) is 48.8 Å². The quantitative estimate of drug-likeness (QED) is 0.884. The van der Waals surface area contributed by atoms with E-state index in [2.05, 4.69) is 44.1 Å². The van der Waals surface area contributed by atoms with E-state index in [4.69, 9.17) is 9.31 Å². The Bertz CT molecular complexity index is 643. The van der Waals surface area contributed by atoms with Gasteiger partial charge in [-0.2, -0.15) is 0 Å². The molecule has 0 saturated carbocycles. The summed E-state index contributed by atoms with van der Waals surface area (Å²) in [6.45, 7) is 8.24. The highest BCUT2D eigenvalue weighted by atomic mass is 16.7. The number of hydrogen-bond acceptors (Lipinski definition) is 4. The van der Waals surface area contributed by atoms with Crippen LogP contribution in [0, 0.1) is 0 Å². The highest BCUT2D eigenvalue weighted by molar-refractivity contribution is 6.62. The van der Waals surface area contributed by atoms with Crippen molar-refractivity contribution in [2.45, 2.75) is 38.9 Å². The lowest BCUT2D eigenvalue weighted by Gasteiger charge is -2.32. The third-order valence-electron chi connectivity index (χ3n) is 4.36. The SMILES string of the molecule is CC1(C)OB(c2cccc(Nc3cccnc3)c2)OC1(C)C. The van der Waals surface area contributed by atoms with Crippen molar-refractivity contribution in [2.24, 2.45) is 0 Å². The molecule has 1 aromatic heterocycles. The maximum atomic E-state index is 6.09. The smallest absolute Gasteiger partial charge is 0.399 e. The standard InChI is InChI=1S/C17H21BN2O2/c1-16(2)17(3,4)22-18(21-16)13-7-5-8-14(11-13)20-15-9-6-10-19-12-15/h5-12,20H,1-4H3. The van der Waals surface area contributed by atoms with Gasteiger partial charge < -0.3 is 14.6 Å². The molecule has 2 heterocycles. The van der Waals surface area contributed by atoms with Gasteiger partial charge in [-0.25, -0.2) is 0 Å². The first kappa shape index (κ1) is 15.1. The van der Waals surface area contributed by atoms with Gasteiger partial charge in [0.15, 0.2) is 0 Å². The van der Waals surface area contributed by atoms with Gasteiger partial charge in [0.25, 0.3) is 0 Å². The molecule has 5 heteroatoms. The number of nitrogens with zero attached hydrogens (tertiary/aromatic N) is 1. The number of anilines is 2. The van der Waals surface area contributed by atoms with Crippen molar-refractivity contribution in [1.82, 2.24) is 4.98 Å². The van der Waals surface area contributed by atoms with Crippen LogP contribution in [-0.2, 0) is 9.31 Å². The van der Waals surface area contributed by atoms with E-state index in [1.54, 1.807) is 12.4 Å². The van der Waals surface area contributed by atoms with Crippen LogP contribution in [0.3, 0.4) is 0 Å². The summed E-state index contributed by atoms with van der Waals surface area (Å²) >= 11 is 0. The summed E-state index contributed by atoms with van der Waals surface area (Å²) in [7, 11) is -0.347. The molecule has 114 valence electrons. The highest BCUT2D eigenvalue weighted by Crippen LogP contribution is 2.36. The predicted octanol–water partition coefficient (Wildman–Crippen LogP) is 3.12. The van der Waals surface area contributed by atoms with E-state index in [0.717, 1.165) is 16.8 Å². The first-order valence-corrected chi connectivity index (χ1v) is 7.50. The lowest BCUT2D eigenvalue weighted by atomic mass is 9.79. The molecule has 0 atom stereocenters. The normalized spacial score (nSPS) is 19.2. The minimum Gasteiger partial charge on any atom is -0.399 e. The zero-order chi connectivity index (χ0) is 15.8. The molecule has 0 aliphatic carbocycles. The first-order valence-electron chi connectivity index (χ1n) is 7.50. The number of benzene rings is 1. The molecule has 3 rings (SSSR count). The first-order chi connectivity index (χ1) is 10.4. The maximum absolute atomic E-state index is 6.09. The van der Waals surface area contributed by atoms with Gasteiger partial charge in [0.05, 0.1) is 23.1 Å². The molecule has 22 heavy (non-hydrogen) atoms. The molecule has 1 aromatic carbocycles. The average molecular weight is 296 g/mol. The largest absolute Gasteiger partial charge is 0.494 e. The van der Waals surface area contributed by atoms with Gasteiger partial charge in [0.2, 0.25) is 0 Å². The van der Waals surface area contributed by atoms with E-state index in [1.807, 2.05) is 30.3 Å². The Hall–Kier alpha value is -1.85. The van der Waals surface area contributed by atoms with Crippen molar-refractivity contribution in [3.8, 4) is 0 Å². The van der Waals surface area contributed by atoms with E-state index in [0.29, 0.717) is 0 Å². The van der Waals surface area contributed by atoms with E-state index < -0.39 is 0 Å². The van der Waals surface area contributed by atoms with Crippen LogP contribution in [-0.4, -0.2) is 23.3 Å². The van der Waals surface area contributed by atoms with Gasteiger partial charge in [0, 0.05) is 11.9 Å². The van der Waals surface area contributed by atoms with Crippen molar-refractivity contribution in [2.75, 3.05) is 5.32 Å². The molecular formula is C17H21BN2O2. The summed E-state index contributed by atoms with van der Waals surface area (Å²) in [5.74, 6) is 0. The summed E-state index contributed by atoms with van der Waals surface area (Å²) in [5, 5.41) is 3.34. The van der Waals surface area contributed by atoms with E-state index in [9.17, 15) is 0 Å². The van der Waals surface area contributed by atoms with Crippen molar-refractivity contribution in [1.29, 1.82) is 0 Å². The fraction of sp³-hybridized carbons (Fsp3) is 0.353. The molecular weight excluding hydrogens is 275 g/mol. The van der Waals surface area contributed by atoms with Gasteiger partial charge in [-0.15, -0.1) is 0 Å². The number of aromatic nitrogens is 1. The van der Waals surface area contributed by atoms with Crippen LogP contribution >= 0.6 is 0 Å². The third kappa shape index (κ3) is 2.87. The fourth-order valence-electron chi connectivity index (χ4n) is 2.35. The zero-order valence-electron chi connectivity index (χ0n) is 13.5. The molecule has 0 spiro atoms. The van der Waals surface area contributed by atoms with Crippen molar-refractivity contribution < 1.29 is 9.31 Å². The molecule has 0 bridgehead atoms. The fourth-order valence-corrected chi connectivity index (χ4v) is 2.35. The van der Waals surface area contributed by atoms with Gasteiger partial charge in [0.1, 0.15) is 0 Å². The number of pyridine rings is 1. The number of nitrogens with one attached hydrogen (secondary N) is 1. The summed E-state index contributed by atoms with van der Waals surface area (Å²) in [4.78, 5) is 4.11. The summed E-state index contributed by atoms with van der Waals surface area (Å²) in [5.41, 5.74) is 2.29. The Morgan fingerprint density at radius 3 is 2.27 bits per heavy atom. The number of rotatable bonds is 3. The molecule has 1 saturated heterocycles. The topological polar surface area (TPSA) is 43.4 Å². The highest BCUT2D eigenvalue weighted by Gasteiger charge is 2.51. The second-order valence-electron chi connectivity index (χ2n) is 6.58.